The summed E-state index contributed by atoms with van der Waals surface area (Å²) in [7, 11) is 0. The second-order valence-corrected chi connectivity index (χ2v) is 2.78. The number of rotatable bonds is 7. The molecule has 12 heavy (non-hydrogen) atoms. The Hall–Kier alpha value is -0.920. The van der Waals surface area contributed by atoms with E-state index in [0.717, 1.165) is 12.8 Å². The van der Waals surface area contributed by atoms with Gasteiger partial charge in [0.25, 0.3) is 0 Å². The Morgan fingerprint density at radius 3 is 2.08 bits per heavy atom. The van der Waals surface area contributed by atoms with Gasteiger partial charge in [-0.05, 0) is 5.92 Å². The summed E-state index contributed by atoms with van der Waals surface area (Å²) in [6.45, 7) is 11.3. The molecule has 0 rings (SSSR count). The van der Waals surface area contributed by atoms with Crippen molar-refractivity contribution in [3.05, 3.63) is 25.7 Å². The molecule has 0 aromatic rings. The van der Waals surface area contributed by atoms with Crippen LogP contribution in [0.4, 0.5) is 0 Å². The molecular weight excluding hydrogens is 152 g/mol. The topological polar surface area (TPSA) is 18.5 Å². The molecule has 0 saturated heterocycles. The molecule has 0 bridgehead atoms. The highest BCUT2D eigenvalue weighted by Crippen LogP contribution is 2.13. The summed E-state index contributed by atoms with van der Waals surface area (Å²) in [5.41, 5.74) is 0. The average molecular weight is 170 g/mol. The van der Waals surface area contributed by atoms with Crippen LogP contribution in [0.2, 0.25) is 0 Å². The largest absolute Gasteiger partial charge is 0.463 e. The highest BCUT2D eigenvalue weighted by atomic mass is 16.7. The van der Waals surface area contributed by atoms with E-state index < -0.39 is 0 Å². The molecule has 2 nitrogen and oxygen atoms in total. The monoisotopic (exact) mass is 170 g/mol. The van der Waals surface area contributed by atoms with Gasteiger partial charge in [0.2, 0.25) is 6.29 Å². The van der Waals surface area contributed by atoms with Crippen LogP contribution in [0.1, 0.15) is 26.7 Å². The molecule has 0 aromatic carbocycles. The van der Waals surface area contributed by atoms with Gasteiger partial charge in [0.05, 0.1) is 12.5 Å². The molecule has 0 spiro atoms. The maximum atomic E-state index is 5.13. The highest BCUT2D eigenvalue weighted by Gasteiger charge is 2.11. The minimum Gasteiger partial charge on any atom is -0.463 e. The van der Waals surface area contributed by atoms with E-state index in [1.807, 2.05) is 0 Å². The van der Waals surface area contributed by atoms with Crippen LogP contribution in [-0.4, -0.2) is 6.29 Å². The molecule has 0 amide bonds. The zero-order valence-corrected chi connectivity index (χ0v) is 7.95. The number of ether oxygens (including phenoxy) is 2. The fraction of sp³-hybridized carbons (Fsp3) is 0.600. The van der Waals surface area contributed by atoms with E-state index in [-0.39, 0.29) is 6.29 Å². The smallest absolute Gasteiger partial charge is 0.239 e. The first-order valence-electron chi connectivity index (χ1n) is 4.27. The molecule has 0 fully saturated rings. The lowest BCUT2D eigenvalue weighted by Crippen LogP contribution is -2.15. The van der Waals surface area contributed by atoms with E-state index in [1.54, 1.807) is 0 Å². The van der Waals surface area contributed by atoms with Crippen LogP contribution in [0.25, 0.3) is 0 Å². The van der Waals surface area contributed by atoms with Crippen LogP contribution in [0.3, 0.4) is 0 Å². The molecule has 0 aliphatic heterocycles. The third-order valence-corrected chi connectivity index (χ3v) is 1.79. The first kappa shape index (κ1) is 11.1. The van der Waals surface area contributed by atoms with E-state index in [2.05, 4.69) is 27.0 Å². The van der Waals surface area contributed by atoms with E-state index in [4.69, 9.17) is 9.47 Å². The van der Waals surface area contributed by atoms with Gasteiger partial charge in [-0.2, -0.15) is 0 Å². The predicted octanol–water partition coefficient (Wildman–Crippen LogP) is 3.07. The molecule has 0 N–H and O–H groups in total. The van der Waals surface area contributed by atoms with Crippen molar-refractivity contribution < 1.29 is 9.47 Å². The van der Waals surface area contributed by atoms with Crippen molar-refractivity contribution in [2.45, 2.75) is 33.0 Å². The average Bonchev–Trinajstić information content (AvgIpc) is 2.05. The summed E-state index contributed by atoms with van der Waals surface area (Å²) in [5.74, 6) is 0.592. The van der Waals surface area contributed by atoms with Crippen molar-refractivity contribution in [1.29, 1.82) is 0 Å². The second kappa shape index (κ2) is 6.77. The van der Waals surface area contributed by atoms with Crippen molar-refractivity contribution in [3.63, 3.8) is 0 Å². The highest BCUT2D eigenvalue weighted by molar-refractivity contribution is 4.61. The molecule has 0 saturated carbocycles. The van der Waals surface area contributed by atoms with E-state index in [0.29, 0.717) is 5.92 Å². The minimum absolute atomic E-state index is 0.227. The lowest BCUT2D eigenvalue weighted by atomic mass is 10.1. The van der Waals surface area contributed by atoms with E-state index in [9.17, 15) is 0 Å². The first-order valence-corrected chi connectivity index (χ1v) is 4.27. The Morgan fingerprint density at radius 1 is 1.25 bits per heavy atom. The van der Waals surface area contributed by atoms with E-state index in [1.165, 1.54) is 12.5 Å². The van der Waals surface area contributed by atoms with Crippen molar-refractivity contribution in [2.24, 2.45) is 5.92 Å². The Bertz CT molecular complexity index is 122. The lowest BCUT2D eigenvalue weighted by molar-refractivity contribution is -0.0735. The van der Waals surface area contributed by atoms with Crippen LogP contribution < -0.4 is 0 Å². The Balaban J connectivity index is 3.75. The second-order valence-electron chi connectivity index (χ2n) is 2.78. The molecule has 1 atom stereocenters. The SMILES string of the molecule is C=COC(CC(C)CC)OC=C. The van der Waals surface area contributed by atoms with Gasteiger partial charge in [-0.3, -0.25) is 0 Å². The van der Waals surface area contributed by atoms with Gasteiger partial charge in [-0.25, -0.2) is 0 Å². The quantitative estimate of drug-likeness (QED) is 0.432. The van der Waals surface area contributed by atoms with Crippen LogP contribution in [-0.2, 0) is 9.47 Å². The van der Waals surface area contributed by atoms with Gasteiger partial charge in [0.15, 0.2) is 0 Å². The summed E-state index contributed by atoms with van der Waals surface area (Å²) < 4.78 is 10.3. The Morgan fingerprint density at radius 2 is 1.75 bits per heavy atom. The van der Waals surface area contributed by atoms with E-state index >= 15 is 0 Å². The molecule has 0 aliphatic carbocycles. The molecule has 0 aliphatic rings. The Kier molecular flexibility index (Phi) is 6.25. The van der Waals surface area contributed by atoms with Crippen molar-refractivity contribution >= 4 is 0 Å². The van der Waals surface area contributed by atoms with Gasteiger partial charge >= 0.3 is 0 Å². The van der Waals surface area contributed by atoms with Crippen LogP contribution >= 0.6 is 0 Å². The molecule has 0 radical (unpaired) electrons. The molecular formula is C10H18O2. The molecule has 0 aromatic heterocycles. The van der Waals surface area contributed by atoms with Crippen molar-refractivity contribution in [2.75, 3.05) is 0 Å². The minimum atomic E-state index is -0.227. The standard InChI is InChI=1S/C10H18O2/c1-5-9(4)8-10(11-6-2)12-7-3/h6-7,9-10H,2-3,5,8H2,1,4H3. The third-order valence-electron chi connectivity index (χ3n) is 1.79. The van der Waals surface area contributed by atoms with Crippen LogP contribution in [0, 0.1) is 5.92 Å². The molecule has 70 valence electrons. The maximum Gasteiger partial charge on any atom is 0.239 e. The van der Waals surface area contributed by atoms with Crippen LogP contribution in [0.15, 0.2) is 25.7 Å². The van der Waals surface area contributed by atoms with Crippen molar-refractivity contribution in [3.8, 4) is 0 Å². The summed E-state index contributed by atoms with van der Waals surface area (Å²) in [6.07, 6.45) is 4.56. The summed E-state index contributed by atoms with van der Waals surface area (Å²) in [6, 6.07) is 0. The normalized spacial score (nSPS) is 12.2. The fourth-order valence-corrected chi connectivity index (χ4v) is 0.853. The zero-order chi connectivity index (χ0) is 9.40. The summed E-state index contributed by atoms with van der Waals surface area (Å²) in [5, 5.41) is 0. The lowest BCUT2D eigenvalue weighted by Gasteiger charge is -2.18. The number of hydrogen-bond acceptors (Lipinski definition) is 2. The maximum absolute atomic E-state index is 5.13. The first-order chi connectivity index (χ1) is 5.74. The van der Waals surface area contributed by atoms with Gasteiger partial charge < -0.3 is 9.47 Å². The summed E-state index contributed by atoms with van der Waals surface area (Å²) in [4.78, 5) is 0. The zero-order valence-electron chi connectivity index (χ0n) is 7.95. The van der Waals surface area contributed by atoms with Gasteiger partial charge in [-0.1, -0.05) is 33.4 Å². The third kappa shape index (κ3) is 4.83. The molecule has 2 heteroatoms. The van der Waals surface area contributed by atoms with Crippen molar-refractivity contribution in [1.82, 2.24) is 0 Å². The van der Waals surface area contributed by atoms with Gasteiger partial charge in [0.1, 0.15) is 0 Å². The fourth-order valence-electron chi connectivity index (χ4n) is 0.853. The molecule has 0 heterocycles. The number of hydrogen-bond donors (Lipinski definition) is 0. The molecule has 1 unspecified atom stereocenters. The van der Waals surface area contributed by atoms with Crippen LogP contribution in [0.5, 0.6) is 0 Å². The summed E-state index contributed by atoms with van der Waals surface area (Å²) >= 11 is 0. The van der Waals surface area contributed by atoms with Gasteiger partial charge in [-0.15, -0.1) is 0 Å². The Labute approximate surface area is 74.9 Å². The van der Waals surface area contributed by atoms with Gasteiger partial charge in [0, 0.05) is 6.42 Å². The predicted molar refractivity (Wildman–Crippen MR) is 50.4 cm³/mol.